The molecule has 3 aromatic rings. The molecule has 0 aliphatic carbocycles. The van der Waals surface area contributed by atoms with E-state index < -0.39 is 0 Å². The van der Waals surface area contributed by atoms with Crippen molar-refractivity contribution in [3.8, 4) is 0 Å². The van der Waals surface area contributed by atoms with Crippen molar-refractivity contribution in [2.24, 2.45) is 7.05 Å². The Bertz CT molecular complexity index is 1020. The second kappa shape index (κ2) is 8.54. The molecule has 4 rings (SSSR count). The molecule has 0 unspecified atom stereocenters. The summed E-state index contributed by atoms with van der Waals surface area (Å²) in [5.41, 5.74) is 2.85. The summed E-state index contributed by atoms with van der Waals surface area (Å²) in [5.74, 6) is 0.136. The lowest BCUT2D eigenvalue weighted by Gasteiger charge is -2.34. The zero-order chi connectivity index (χ0) is 21.1. The minimum atomic E-state index is -0.383. The van der Waals surface area contributed by atoms with E-state index >= 15 is 0 Å². The average molecular weight is 407 g/mol. The standard InChI is InChI=1S/C22H25N5O3/c1-16-5-7-17(8-6-16)15-26-9-11-27(12-10-26)22(29)18-14-20(25(2)24-18)23-21(28)19-4-3-13-30-19/h3-8,13-14H,9-12,15H2,1-2H3,(H,23,28). The molecule has 3 heterocycles. The average Bonchev–Trinajstić information content (AvgIpc) is 3.40. The lowest BCUT2D eigenvalue weighted by Crippen LogP contribution is -2.48. The van der Waals surface area contributed by atoms with Gasteiger partial charge in [-0.05, 0) is 24.6 Å². The third-order valence-electron chi connectivity index (χ3n) is 5.27. The number of hydrogen-bond acceptors (Lipinski definition) is 5. The van der Waals surface area contributed by atoms with Crippen LogP contribution in [0, 0.1) is 6.92 Å². The fraction of sp³-hybridized carbons (Fsp3) is 0.318. The van der Waals surface area contributed by atoms with Gasteiger partial charge in [-0.15, -0.1) is 0 Å². The molecular formula is C22H25N5O3. The first kappa shape index (κ1) is 19.9. The molecule has 0 saturated carbocycles. The van der Waals surface area contributed by atoms with Crippen LogP contribution in [-0.4, -0.2) is 57.6 Å². The number of anilines is 1. The third kappa shape index (κ3) is 4.44. The first-order valence-electron chi connectivity index (χ1n) is 9.95. The summed E-state index contributed by atoms with van der Waals surface area (Å²) >= 11 is 0. The van der Waals surface area contributed by atoms with Gasteiger partial charge in [-0.3, -0.25) is 19.2 Å². The first-order chi connectivity index (χ1) is 14.5. The summed E-state index contributed by atoms with van der Waals surface area (Å²) in [7, 11) is 1.69. The summed E-state index contributed by atoms with van der Waals surface area (Å²) in [6, 6.07) is 13.4. The van der Waals surface area contributed by atoms with Crippen molar-refractivity contribution in [2.45, 2.75) is 13.5 Å². The number of nitrogens with one attached hydrogen (secondary N) is 1. The Hall–Kier alpha value is -3.39. The summed E-state index contributed by atoms with van der Waals surface area (Å²) in [6.07, 6.45) is 1.44. The van der Waals surface area contributed by atoms with E-state index in [1.807, 2.05) is 4.90 Å². The van der Waals surface area contributed by atoms with Gasteiger partial charge in [-0.1, -0.05) is 29.8 Å². The van der Waals surface area contributed by atoms with E-state index in [0.717, 1.165) is 19.6 Å². The lowest BCUT2D eigenvalue weighted by molar-refractivity contribution is 0.0622. The number of piperazine rings is 1. The molecule has 2 amide bonds. The Labute approximate surface area is 175 Å². The van der Waals surface area contributed by atoms with Crippen molar-refractivity contribution in [3.63, 3.8) is 0 Å². The van der Waals surface area contributed by atoms with Gasteiger partial charge in [0, 0.05) is 45.8 Å². The van der Waals surface area contributed by atoms with Crippen molar-refractivity contribution in [1.29, 1.82) is 0 Å². The molecule has 0 spiro atoms. The van der Waals surface area contributed by atoms with Crippen LogP contribution in [0.3, 0.4) is 0 Å². The van der Waals surface area contributed by atoms with E-state index in [4.69, 9.17) is 4.42 Å². The molecule has 30 heavy (non-hydrogen) atoms. The van der Waals surface area contributed by atoms with Gasteiger partial charge >= 0.3 is 0 Å². The van der Waals surface area contributed by atoms with E-state index in [9.17, 15) is 9.59 Å². The molecule has 0 atom stereocenters. The maximum atomic E-state index is 12.9. The minimum absolute atomic E-state index is 0.126. The molecule has 8 heteroatoms. The van der Waals surface area contributed by atoms with E-state index in [2.05, 4.69) is 46.5 Å². The lowest BCUT2D eigenvalue weighted by atomic mass is 10.1. The van der Waals surface area contributed by atoms with Gasteiger partial charge in [0.1, 0.15) is 5.82 Å². The zero-order valence-electron chi connectivity index (χ0n) is 17.2. The Kier molecular flexibility index (Phi) is 5.67. The van der Waals surface area contributed by atoms with Gasteiger partial charge < -0.3 is 14.6 Å². The second-order valence-electron chi connectivity index (χ2n) is 7.52. The SMILES string of the molecule is Cc1ccc(CN2CCN(C(=O)c3cc(NC(=O)c4ccco4)n(C)n3)CC2)cc1. The predicted octanol–water partition coefficient (Wildman–Crippen LogP) is 2.53. The van der Waals surface area contributed by atoms with Crippen LogP contribution in [0.25, 0.3) is 0 Å². The van der Waals surface area contributed by atoms with E-state index in [0.29, 0.717) is 24.6 Å². The van der Waals surface area contributed by atoms with E-state index in [1.54, 1.807) is 25.2 Å². The highest BCUT2D eigenvalue weighted by atomic mass is 16.3. The van der Waals surface area contributed by atoms with Crippen LogP contribution in [0.1, 0.15) is 32.2 Å². The van der Waals surface area contributed by atoms with Crippen molar-refractivity contribution in [1.82, 2.24) is 19.6 Å². The highest BCUT2D eigenvalue weighted by Gasteiger charge is 2.25. The molecule has 0 radical (unpaired) electrons. The maximum absolute atomic E-state index is 12.9. The number of furan rings is 1. The number of amides is 2. The van der Waals surface area contributed by atoms with Crippen LogP contribution < -0.4 is 5.32 Å². The number of carbonyl (C=O) groups excluding carboxylic acids is 2. The Morgan fingerprint density at radius 2 is 1.83 bits per heavy atom. The topological polar surface area (TPSA) is 83.6 Å². The van der Waals surface area contributed by atoms with Crippen molar-refractivity contribution in [3.05, 3.63) is 71.3 Å². The highest BCUT2D eigenvalue weighted by molar-refractivity contribution is 6.02. The monoisotopic (exact) mass is 407 g/mol. The molecule has 0 bridgehead atoms. The molecule has 156 valence electrons. The van der Waals surface area contributed by atoms with Gasteiger partial charge in [0.25, 0.3) is 11.8 Å². The highest BCUT2D eigenvalue weighted by Crippen LogP contribution is 2.15. The summed E-state index contributed by atoms with van der Waals surface area (Å²) in [4.78, 5) is 29.2. The molecule has 1 aliphatic heterocycles. The van der Waals surface area contributed by atoms with Crippen LogP contribution in [0.4, 0.5) is 5.82 Å². The van der Waals surface area contributed by atoms with Gasteiger partial charge in [-0.25, -0.2) is 0 Å². The fourth-order valence-electron chi connectivity index (χ4n) is 3.50. The van der Waals surface area contributed by atoms with E-state index in [1.165, 1.54) is 22.1 Å². The molecule has 1 N–H and O–H groups in total. The normalized spacial score (nSPS) is 14.7. The summed E-state index contributed by atoms with van der Waals surface area (Å²) < 4.78 is 6.58. The zero-order valence-corrected chi connectivity index (χ0v) is 17.2. The number of rotatable bonds is 5. The molecule has 8 nitrogen and oxygen atoms in total. The quantitative estimate of drug-likeness (QED) is 0.703. The van der Waals surface area contributed by atoms with Gasteiger partial charge in [-0.2, -0.15) is 5.10 Å². The Morgan fingerprint density at radius 1 is 1.10 bits per heavy atom. The smallest absolute Gasteiger partial charge is 0.292 e. The van der Waals surface area contributed by atoms with Gasteiger partial charge in [0.2, 0.25) is 0 Å². The number of nitrogens with zero attached hydrogens (tertiary/aromatic N) is 4. The number of hydrogen-bond donors (Lipinski definition) is 1. The van der Waals surface area contributed by atoms with E-state index in [-0.39, 0.29) is 17.6 Å². The van der Waals surface area contributed by atoms with Gasteiger partial charge in [0.15, 0.2) is 11.5 Å². The Morgan fingerprint density at radius 3 is 2.50 bits per heavy atom. The van der Waals surface area contributed by atoms with Crippen LogP contribution in [0.15, 0.2) is 53.1 Å². The predicted molar refractivity (Wildman–Crippen MR) is 112 cm³/mol. The number of aryl methyl sites for hydroxylation is 2. The minimum Gasteiger partial charge on any atom is -0.459 e. The Balaban J connectivity index is 1.34. The molecule has 2 aromatic heterocycles. The summed E-state index contributed by atoms with van der Waals surface area (Å²) in [5, 5.41) is 7.00. The molecule has 1 saturated heterocycles. The summed E-state index contributed by atoms with van der Waals surface area (Å²) in [6.45, 7) is 5.89. The van der Waals surface area contributed by atoms with Crippen molar-refractivity contribution < 1.29 is 14.0 Å². The third-order valence-corrected chi connectivity index (χ3v) is 5.27. The molecule has 1 aliphatic rings. The van der Waals surface area contributed by atoms with Crippen LogP contribution in [0.5, 0.6) is 0 Å². The first-order valence-corrected chi connectivity index (χ1v) is 9.95. The van der Waals surface area contributed by atoms with Gasteiger partial charge in [0.05, 0.1) is 6.26 Å². The van der Waals surface area contributed by atoms with Crippen molar-refractivity contribution >= 4 is 17.6 Å². The number of aromatic nitrogens is 2. The van der Waals surface area contributed by atoms with Crippen LogP contribution in [-0.2, 0) is 13.6 Å². The largest absolute Gasteiger partial charge is 0.459 e. The number of carbonyl (C=O) groups is 2. The van der Waals surface area contributed by atoms with Crippen LogP contribution in [0.2, 0.25) is 0 Å². The molecule has 1 aromatic carbocycles. The molecular weight excluding hydrogens is 382 g/mol. The van der Waals surface area contributed by atoms with Crippen LogP contribution >= 0.6 is 0 Å². The van der Waals surface area contributed by atoms with Crippen molar-refractivity contribution in [2.75, 3.05) is 31.5 Å². The molecule has 1 fully saturated rings. The fourth-order valence-corrected chi connectivity index (χ4v) is 3.50. The maximum Gasteiger partial charge on any atom is 0.292 e. The number of benzene rings is 1. The second-order valence-corrected chi connectivity index (χ2v) is 7.52.